The molecule has 22 heavy (non-hydrogen) atoms. The molecule has 0 N–H and O–H groups in total. The molecule has 4 rings (SSSR count). The molecule has 0 radical (unpaired) electrons. The highest BCUT2D eigenvalue weighted by Gasteiger charge is 2.38. The molecular weight excluding hydrogens is 322 g/mol. The van der Waals surface area contributed by atoms with Gasteiger partial charge in [-0.3, -0.25) is 14.4 Å². The Morgan fingerprint density at radius 2 is 1.73 bits per heavy atom. The van der Waals surface area contributed by atoms with E-state index in [4.69, 9.17) is 0 Å². The van der Waals surface area contributed by atoms with Gasteiger partial charge in [-0.05, 0) is 24.3 Å². The molecule has 0 saturated heterocycles. The molecule has 0 unspecified atom stereocenters. The van der Waals surface area contributed by atoms with E-state index in [2.05, 4.69) is 17.2 Å². The number of hydroxylamine groups is 2. The molecule has 3 aromatic rings. The van der Waals surface area contributed by atoms with Gasteiger partial charge < -0.3 is 0 Å². The molecule has 1 aromatic heterocycles. The van der Waals surface area contributed by atoms with E-state index in [1.54, 1.807) is 18.2 Å². The van der Waals surface area contributed by atoms with Gasteiger partial charge in [0, 0.05) is 28.4 Å². The first-order chi connectivity index (χ1) is 10.6. The molecule has 2 amide bonds. The predicted octanol–water partition coefficient (Wildman–Crippen LogP) is 2.79. The van der Waals surface area contributed by atoms with E-state index in [1.807, 2.05) is 12.1 Å². The summed E-state index contributed by atoms with van der Waals surface area (Å²) in [5.74, 6) is -1.18. The Kier molecular flexibility index (Phi) is 2.83. The minimum atomic E-state index is -0.605. The Hall–Kier alpha value is -2.22. The van der Waals surface area contributed by atoms with Gasteiger partial charge in [0.25, 0.3) is 11.8 Å². The summed E-state index contributed by atoms with van der Waals surface area (Å²) in [6, 6.07) is 10.2. The van der Waals surface area contributed by atoms with Crippen molar-refractivity contribution in [2.75, 3.05) is 0 Å². The van der Waals surface area contributed by atoms with Crippen LogP contribution in [-0.2, 0) is 4.28 Å². The predicted molar refractivity (Wildman–Crippen MR) is 86.2 cm³/mol. The number of carbonyl (C=O) groups excluding carboxylic acids is 2. The second-order valence-electron chi connectivity index (χ2n) is 4.78. The number of imide groups is 1. The maximum absolute atomic E-state index is 12.6. The van der Waals surface area contributed by atoms with Crippen molar-refractivity contribution in [3.05, 3.63) is 57.7 Å². The summed E-state index contributed by atoms with van der Waals surface area (Å²) in [4.78, 5) is 37.0. The third-order valence-electron chi connectivity index (χ3n) is 3.64. The van der Waals surface area contributed by atoms with E-state index >= 15 is 0 Å². The number of rotatable bonds is 1. The van der Waals surface area contributed by atoms with E-state index in [0.29, 0.717) is 20.5 Å². The van der Waals surface area contributed by atoms with Crippen LogP contribution in [0.3, 0.4) is 0 Å². The number of amides is 2. The van der Waals surface area contributed by atoms with Crippen molar-refractivity contribution in [2.45, 2.75) is 0 Å². The fraction of sp³-hybridized carbons (Fsp3) is 0. The summed E-state index contributed by atoms with van der Waals surface area (Å²) >= 11 is 4.85. The van der Waals surface area contributed by atoms with Crippen LogP contribution in [0, 0.1) is 0 Å². The minimum absolute atomic E-state index is 0.155. The summed E-state index contributed by atoms with van der Waals surface area (Å²) in [5, 5.41) is 1.60. The standard InChI is InChI=1S/C15H7NO4S2/c17-12-7-3-1-2-4-10(7)22-13-9(12)6-5-8-11(13)15(19)16(20-21)14(8)18/h1-6,21H. The normalized spacial score (nSPS) is 14.1. The highest BCUT2D eigenvalue weighted by Crippen LogP contribution is 2.34. The summed E-state index contributed by atoms with van der Waals surface area (Å²) in [6.45, 7) is 0. The van der Waals surface area contributed by atoms with Gasteiger partial charge in [0.15, 0.2) is 5.43 Å². The van der Waals surface area contributed by atoms with Crippen molar-refractivity contribution in [1.82, 2.24) is 5.06 Å². The molecule has 2 heterocycles. The van der Waals surface area contributed by atoms with Crippen molar-refractivity contribution in [3.63, 3.8) is 0 Å². The third kappa shape index (κ3) is 1.61. The molecule has 0 bridgehead atoms. The van der Waals surface area contributed by atoms with Crippen molar-refractivity contribution in [3.8, 4) is 0 Å². The lowest BCUT2D eigenvalue weighted by atomic mass is 10.1. The Labute approximate surface area is 133 Å². The van der Waals surface area contributed by atoms with Gasteiger partial charge in [-0.2, -0.15) is 4.28 Å². The molecule has 2 aromatic carbocycles. The molecule has 5 nitrogen and oxygen atoms in total. The summed E-state index contributed by atoms with van der Waals surface area (Å²) in [5.41, 5.74) is 0.263. The zero-order valence-electron chi connectivity index (χ0n) is 10.9. The van der Waals surface area contributed by atoms with Crippen LogP contribution in [0.1, 0.15) is 20.7 Å². The van der Waals surface area contributed by atoms with Gasteiger partial charge in [-0.25, -0.2) is 0 Å². The molecule has 0 spiro atoms. The maximum Gasteiger partial charge on any atom is 0.288 e. The van der Waals surface area contributed by atoms with Crippen LogP contribution in [0.15, 0.2) is 41.2 Å². The van der Waals surface area contributed by atoms with Gasteiger partial charge in [-0.1, -0.05) is 12.1 Å². The molecule has 7 heteroatoms. The van der Waals surface area contributed by atoms with E-state index in [-0.39, 0.29) is 16.6 Å². The van der Waals surface area contributed by atoms with Crippen LogP contribution >= 0.6 is 24.2 Å². The number of fused-ring (bicyclic) bond motifs is 4. The molecule has 0 fully saturated rings. The smallest absolute Gasteiger partial charge is 0.288 e. The fourth-order valence-electron chi connectivity index (χ4n) is 2.63. The average molecular weight is 329 g/mol. The summed E-state index contributed by atoms with van der Waals surface area (Å²) in [6.07, 6.45) is 0. The lowest BCUT2D eigenvalue weighted by Gasteiger charge is -2.06. The quantitative estimate of drug-likeness (QED) is 0.323. The van der Waals surface area contributed by atoms with Crippen molar-refractivity contribution >= 4 is 56.2 Å². The average Bonchev–Trinajstić information content (AvgIpc) is 2.78. The van der Waals surface area contributed by atoms with E-state index in [0.717, 1.165) is 4.70 Å². The summed E-state index contributed by atoms with van der Waals surface area (Å²) in [7, 11) is 0. The highest BCUT2D eigenvalue weighted by atomic mass is 32.1. The number of hydrogen-bond donors (Lipinski definition) is 1. The lowest BCUT2D eigenvalue weighted by Crippen LogP contribution is -2.26. The van der Waals surface area contributed by atoms with Gasteiger partial charge in [0.1, 0.15) is 0 Å². The Balaban J connectivity index is 2.19. The second-order valence-corrected chi connectivity index (χ2v) is 5.99. The van der Waals surface area contributed by atoms with Crippen LogP contribution in [0.5, 0.6) is 0 Å². The van der Waals surface area contributed by atoms with Crippen LogP contribution in [-0.4, -0.2) is 16.9 Å². The molecule has 1 aliphatic heterocycles. The Morgan fingerprint density at radius 3 is 2.50 bits per heavy atom. The monoisotopic (exact) mass is 329 g/mol. The van der Waals surface area contributed by atoms with Gasteiger partial charge in [0.05, 0.1) is 15.8 Å². The van der Waals surface area contributed by atoms with Crippen molar-refractivity contribution in [2.24, 2.45) is 0 Å². The van der Waals surface area contributed by atoms with Crippen molar-refractivity contribution in [1.29, 1.82) is 0 Å². The van der Waals surface area contributed by atoms with Crippen LogP contribution in [0.25, 0.3) is 20.2 Å². The lowest BCUT2D eigenvalue weighted by molar-refractivity contribution is -0.000541. The fourth-order valence-corrected chi connectivity index (χ4v) is 3.99. The SMILES string of the molecule is O=C1c2ccc3c(=O)c4ccccc4sc3c2C(=O)N1OS. The second kappa shape index (κ2) is 4.64. The zero-order chi connectivity index (χ0) is 15.4. The first-order valence-corrected chi connectivity index (χ1v) is 7.50. The Morgan fingerprint density at radius 1 is 0.955 bits per heavy atom. The highest BCUT2D eigenvalue weighted by molar-refractivity contribution is 7.75. The largest absolute Gasteiger partial charge is 0.289 e. The van der Waals surface area contributed by atoms with Crippen LogP contribution in [0.2, 0.25) is 0 Å². The molecule has 0 saturated carbocycles. The first-order valence-electron chi connectivity index (χ1n) is 6.32. The van der Waals surface area contributed by atoms with Crippen molar-refractivity contribution < 1.29 is 13.9 Å². The molecular formula is C15H7NO4S2. The topological polar surface area (TPSA) is 63.7 Å². The van der Waals surface area contributed by atoms with E-state index in [1.165, 1.54) is 17.4 Å². The first kappa shape index (κ1) is 13.4. The summed E-state index contributed by atoms with van der Waals surface area (Å²) < 4.78 is 5.80. The number of nitrogens with zero attached hydrogens (tertiary/aromatic N) is 1. The molecule has 0 atom stereocenters. The molecule has 108 valence electrons. The maximum atomic E-state index is 12.6. The van der Waals surface area contributed by atoms with E-state index < -0.39 is 11.8 Å². The number of benzene rings is 2. The van der Waals surface area contributed by atoms with Gasteiger partial charge >= 0.3 is 0 Å². The number of hydrogen-bond acceptors (Lipinski definition) is 6. The number of thiol groups is 1. The minimum Gasteiger partial charge on any atom is -0.289 e. The molecule has 0 aliphatic carbocycles. The van der Waals surface area contributed by atoms with Gasteiger partial charge in [0.2, 0.25) is 0 Å². The van der Waals surface area contributed by atoms with Crippen LogP contribution in [0.4, 0.5) is 0 Å². The van der Waals surface area contributed by atoms with Gasteiger partial charge in [-0.15, -0.1) is 16.4 Å². The van der Waals surface area contributed by atoms with Crippen LogP contribution < -0.4 is 5.43 Å². The molecule has 1 aliphatic rings. The zero-order valence-corrected chi connectivity index (χ0v) is 12.6. The number of carbonyl (C=O) groups is 2. The third-order valence-corrected chi connectivity index (χ3v) is 5.01. The Bertz CT molecular complexity index is 1040. The van der Waals surface area contributed by atoms with E-state index in [9.17, 15) is 14.4 Å².